The van der Waals surface area contributed by atoms with Gasteiger partial charge < -0.3 is 9.80 Å². The van der Waals surface area contributed by atoms with E-state index in [4.69, 9.17) is 0 Å². The standard InChI is InChI=1S/C12H18N2O/c1-10-5-3-4-6-11(10)14-8-7-13(2)12(15)9-14/h5-6H,3-4,7-9H2,1-2H3. The topological polar surface area (TPSA) is 23.6 Å². The van der Waals surface area contributed by atoms with E-state index >= 15 is 0 Å². The average Bonchev–Trinajstić information content (AvgIpc) is 2.23. The SMILES string of the molecule is CC1=CCCC=C1N1CCN(C)C(=O)C1. The molecule has 1 amide bonds. The molecule has 3 heteroatoms. The molecule has 0 N–H and O–H groups in total. The van der Waals surface area contributed by atoms with Crippen LogP contribution >= 0.6 is 0 Å². The monoisotopic (exact) mass is 206 g/mol. The maximum Gasteiger partial charge on any atom is 0.241 e. The summed E-state index contributed by atoms with van der Waals surface area (Å²) in [6.45, 7) is 4.46. The van der Waals surface area contributed by atoms with E-state index in [1.807, 2.05) is 7.05 Å². The summed E-state index contributed by atoms with van der Waals surface area (Å²) in [5.41, 5.74) is 2.58. The summed E-state index contributed by atoms with van der Waals surface area (Å²) in [5.74, 6) is 0.223. The van der Waals surface area contributed by atoms with Gasteiger partial charge in [-0.05, 0) is 25.3 Å². The molecule has 2 aliphatic rings. The lowest BCUT2D eigenvalue weighted by atomic mass is 10.0. The van der Waals surface area contributed by atoms with Crippen LogP contribution in [0.4, 0.5) is 0 Å². The van der Waals surface area contributed by atoms with Crippen LogP contribution in [0.2, 0.25) is 0 Å². The summed E-state index contributed by atoms with van der Waals surface area (Å²) in [4.78, 5) is 15.6. The first-order valence-electron chi connectivity index (χ1n) is 5.54. The van der Waals surface area contributed by atoms with Gasteiger partial charge in [0.25, 0.3) is 0 Å². The molecule has 0 unspecified atom stereocenters. The lowest BCUT2D eigenvalue weighted by molar-refractivity contribution is -0.133. The van der Waals surface area contributed by atoms with Gasteiger partial charge in [-0.3, -0.25) is 4.79 Å². The molecule has 1 heterocycles. The van der Waals surface area contributed by atoms with Crippen molar-refractivity contribution in [2.75, 3.05) is 26.7 Å². The third-order valence-corrected chi connectivity index (χ3v) is 3.16. The molecule has 1 fully saturated rings. The summed E-state index contributed by atoms with van der Waals surface area (Å²) in [7, 11) is 1.87. The van der Waals surface area contributed by atoms with Crippen molar-refractivity contribution in [3.05, 3.63) is 23.4 Å². The molecular formula is C12H18N2O. The zero-order chi connectivity index (χ0) is 10.8. The average molecular weight is 206 g/mol. The summed E-state index contributed by atoms with van der Waals surface area (Å²) >= 11 is 0. The first-order chi connectivity index (χ1) is 7.18. The molecule has 2 rings (SSSR count). The number of allylic oxidation sites excluding steroid dienone is 3. The maximum absolute atomic E-state index is 11.6. The van der Waals surface area contributed by atoms with Crippen LogP contribution in [-0.2, 0) is 4.79 Å². The molecule has 0 saturated carbocycles. The van der Waals surface area contributed by atoms with Crippen molar-refractivity contribution in [2.24, 2.45) is 0 Å². The highest BCUT2D eigenvalue weighted by Crippen LogP contribution is 2.22. The number of carbonyl (C=O) groups excluding carboxylic acids is 1. The minimum Gasteiger partial charge on any atom is -0.360 e. The number of hydrogen-bond acceptors (Lipinski definition) is 2. The minimum absolute atomic E-state index is 0.223. The lowest BCUT2D eigenvalue weighted by Crippen LogP contribution is -2.48. The molecule has 3 nitrogen and oxygen atoms in total. The Kier molecular flexibility index (Phi) is 2.80. The highest BCUT2D eigenvalue weighted by Gasteiger charge is 2.23. The number of amides is 1. The molecular weight excluding hydrogens is 188 g/mol. The van der Waals surface area contributed by atoms with Crippen LogP contribution in [0.1, 0.15) is 19.8 Å². The van der Waals surface area contributed by atoms with E-state index < -0.39 is 0 Å². The Morgan fingerprint density at radius 3 is 2.60 bits per heavy atom. The van der Waals surface area contributed by atoms with Crippen LogP contribution in [0.5, 0.6) is 0 Å². The number of hydrogen-bond donors (Lipinski definition) is 0. The lowest BCUT2D eigenvalue weighted by Gasteiger charge is -2.36. The van der Waals surface area contributed by atoms with Crippen molar-refractivity contribution in [3.8, 4) is 0 Å². The van der Waals surface area contributed by atoms with E-state index in [2.05, 4.69) is 24.0 Å². The Hall–Kier alpha value is -1.25. The normalized spacial score (nSPS) is 22.7. The van der Waals surface area contributed by atoms with E-state index in [1.165, 1.54) is 11.3 Å². The van der Waals surface area contributed by atoms with E-state index in [-0.39, 0.29) is 5.91 Å². The second-order valence-electron chi connectivity index (χ2n) is 4.29. The van der Waals surface area contributed by atoms with Crippen molar-refractivity contribution >= 4 is 5.91 Å². The van der Waals surface area contributed by atoms with Gasteiger partial charge in [0, 0.05) is 25.8 Å². The van der Waals surface area contributed by atoms with Gasteiger partial charge in [0.05, 0.1) is 6.54 Å². The highest BCUT2D eigenvalue weighted by atomic mass is 16.2. The van der Waals surface area contributed by atoms with E-state index in [9.17, 15) is 4.79 Å². The molecule has 0 aromatic rings. The van der Waals surface area contributed by atoms with Gasteiger partial charge >= 0.3 is 0 Å². The van der Waals surface area contributed by atoms with Gasteiger partial charge in [0.1, 0.15) is 0 Å². The quantitative estimate of drug-likeness (QED) is 0.647. The predicted molar refractivity (Wildman–Crippen MR) is 60.3 cm³/mol. The fraction of sp³-hybridized carbons (Fsp3) is 0.583. The first-order valence-corrected chi connectivity index (χ1v) is 5.54. The Labute approximate surface area is 91.0 Å². The summed E-state index contributed by atoms with van der Waals surface area (Å²) in [6.07, 6.45) is 6.76. The first kappa shape index (κ1) is 10.3. The number of piperazine rings is 1. The van der Waals surface area contributed by atoms with Crippen LogP contribution in [0.25, 0.3) is 0 Å². The largest absolute Gasteiger partial charge is 0.360 e. The van der Waals surface area contributed by atoms with Crippen LogP contribution in [0, 0.1) is 0 Å². The number of rotatable bonds is 1. The summed E-state index contributed by atoms with van der Waals surface area (Å²) in [5, 5.41) is 0. The molecule has 1 aliphatic carbocycles. The third-order valence-electron chi connectivity index (χ3n) is 3.16. The molecule has 1 saturated heterocycles. The van der Waals surface area contributed by atoms with Gasteiger partial charge in [0.2, 0.25) is 5.91 Å². The van der Waals surface area contributed by atoms with E-state index in [0.29, 0.717) is 6.54 Å². The van der Waals surface area contributed by atoms with Gasteiger partial charge in [-0.15, -0.1) is 0 Å². The van der Waals surface area contributed by atoms with Crippen LogP contribution in [-0.4, -0.2) is 42.4 Å². The van der Waals surface area contributed by atoms with E-state index in [0.717, 1.165) is 25.9 Å². The van der Waals surface area contributed by atoms with Gasteiger partial charge in [-0.2, -0.15) is 0 Å². The fourth-order valence-electron chi connectivity index (χ4n) is 2.13. The van der Waals surface area contributed by atoms with Gasteiger partial charge in [0.15, 0.2) is 0 Å². The molecule has 0 aromatic carbocycles. The van der Waals surface area contributed by atoms with Gasteiger partial charge in [-0.25, -0.2) is 0 Å². The predicted octanol–water partition coefficient (Wildman–Crippen LogP) is 1.38. The second-order valence-corrected chi connectivity index (χ2v) is 4.29. The molecule has 0 atom stereocenters. The molecule has 1 aliphatic heterocycles. The van der Waals surface area contributed by atoms with Crippen molar-refractivity contribution in [3.63, 3.8) is 0 Å². The van der Waals surface area contributed by atoms with Crippen LogP contribution in [0.3, 0.4) is 0 Å². The van der Waals surface area contributed by atoms with Crippen molar-refractivity contribution < 1.29 is 4.79 Å². The molecule has 0 radical (unpaired) electrons. The number of carbonyl (C=O) groups is 1. The fourth-order valence-corrected chi connectivity index (χ4v) is 2.13. The Balaban J connectivity index is 2.09. The Morgan fingerprint density at radius 1 is 1.20 bits per heavy atom. The van der Waals surface area contributed by atoms with Crippen LogP contribution < -0.4 is 0 Å². The molecule has 15 heavy (non-hydrogen) atoms. The van der Waals surface area contributed by atoms with Gasteiger partial charge in [-0.1, -0.05) is 12.2 Å². The zero-order valence-electron chi connectivity index (χ0n) is 9.49. The van der Waals surface area contributed by atoms with Crippen molar-refractivity contribution in [1.29, 1.82) is 0 Å². The molecule has 0 aromatic heterocycles. The Morgan fingerprint density at radius 2 is 1.93 bits per heavy atom. The van der Waals surface area contributed by atoms with Crippen molar-refractivity contribution in [2.45, 2.75) is 19.8 Å². The smallest absolute Gasteiger partial charge is 0.241 e. The number of nitrogens with zero attached hydrogens (tertiary/aromatic N) is 2. The number of likely N-dealkylation sites (N-methyl/N-ethyl adjacent to an activating group) is 1. The zero-order valence-corrected chi connectivity index (χ0v) is 9.49. The van der Waals surface area contributed by atoms with Crippen LogP contribution in [0.15, 0.2) is 23.4 Å². The Bertz CT molecular complexity index is 331. The van der Waals surface area contributed by atoms with E-state index in [1.54, 1.807) is 4.90 Å². The highest BCUT2D eigenvalue weighted by molar-refractivity contribution is 5.79. The second kappa shape index (κ2) is 4.09. The summed E-state index contributed by atoms with van der Waals surface area (Å²) in [6, 6.07) is 0. The molecule has 0 spiro atoms. The maximum atomic E-state index is 11.6. The minimum atomic E-state index is 0.223. The molecule has 82 valence electrons. The summed E-state index contributed by atoms with van der Waals surface area (Å²) < 4.78 is 0. The van der Waals surface area contributed by atoms with Crippen molar-refractivity contribution in [1.82, 2.24) is 9.80 Å². The third kappa shape index (κ3) is 2.06. The molecule has 0 bridgehead atoms.